The van der Waals surface area contributed by atoms with Gasteiger partial charge >= 0.3 is 0 Å². The predicted molar refractivity (Wildman–Crippen MR) is 65.8 cm³/mol. The lowest BCUT2D eigenvalue weighted by atomic mass is 9.77. The molecule has 1 saturated carbocycles. The average Bonchev–Trinajstić information content (AvgIpc) is 2.70. The summed E-state index contributed by atoms with van der Waals surface area (Å²) in [4.78, 5) is 0. The number of rotatable bonds is 3. The molecule has 0 bridgehead atoms. The molecule has 1 fully saturated rings. The van der Waals surface area contributed by atoms with Crippen LogP contribution in [0.2, 0.25) is 0 Å². The molecule has 2 rings (SSSR count). The molecular formula is C14H19F2NO. The van der Waals surface area contributed by atoms with Crippen LogP contribution in [0, 0.1) is 23.0 Å². The Morgan fingerprint density at radius 1 is 1.39 bits per heavy atom. The molecule has 2 nitrogen and oxygen atoms in total. The first-order valence-corrected chi connectivity index (χ1v) is 6.31. The third-order valence-electron chi connectivity index (χ3n) is 4.08. The Morgan fingerprint density at radius 2 is 2.00 bits per heavy atom. The fraction of sp³-hybridized carbons (Fsp3) is 0.571. The molecule has 0 heterocycles. The Hall–Kier alpha value is -1.00. The molecule has 18 heavy (non-hydrogen) atoms. The topological polar surface area (TPSA) is 46.2 Å². The average molecular weight is 255 g/mol. The molecule has 4 heteroatoms. The molecule has 3 atom stereocenters. The van der Waals surface area contributed by atoms with Crippen molar-refractivity contribution in [2.24, 2.45) is 17.1 Å². The molecule has 0 spiro atoms. The summed E-state index contributed by atoms with van der Waals surface area (Å²) in [7, 11) is 0. The van der Waals surface area contributed by atoms with Gasteiger partial charge in [-0.25, -0.2) is 8.78 Å². The van der Waals surface area contributed by atoms with Crippen molar-refractivity contribution < 1.29 is 13.9 Å². The summed E-state index contributed by atoms with van der Waals surface area (Å²) in [6, 6.07) is 3.19. The van der Waals surface area contributed by atoms with Crippen LogP contribution in [0.3, 0.4) is 0 Å². The Bertz CT molecular complexity index is 418. The second-order valence-electron chi connectivity index (χ2n) is 5.52. The maximum absolute atomic E-state index is 13.2. The molecule has 0 aromatic heterocycles. The number of aliphatic hydroxyl groups excluding tert-OH is 1. The van der Waals surface area contributed by atoms with Crippen molar-refractivity contribution in [3.8, 4) is 0 Å². The maximum Gasteiger partial charge on any atom is 0.126 e. The number of hydrogen-bond donors (Lipinski definition) is 2. The maximum atomic E-state index is 13.2. The van der Waals surface area contributed by atoms with E-state index in [1.165, 1.54) is 12.1 Å². The highest BCUT2D eigenvalue weighted by molar-refractivity contribution is 5.23. The van der Waals surface area contributed by atoms with Crippen molar-refractivity contribution in [1.82, 2.24) is 0 Å². The monoisotopic (exact) mass is 255 g/mol. The van der Waals surface area contributed by atoms with Gasteiger partial charge < -0.3 is 10.8 Å². The first-order valence-electron chi connectivity index (χ1n) is 6.31. The van der Waals surface area contributed by atoms with Crippen LogP contribution < -0.4 is 5.73 Å². The van der Waals surface area contributed by atoms with Crippen molar-refractivity contribution in [2.75, 3.05) is 6.54 Å². The number of halogens is 2. The van der Waals surface area contributed by atoms with Crippen molar-refractivity contribution in [2.45, 2.75) is 32.3 Å². The number of hydrogen-bond acceptors (Lipinski definition) is 2. The lowest BCUT2D eigenvalue weighted by Crippen LogP contribution is -2.34. The van der Waals surface area contributed by atoms with E-state index < -0.39 is 23.2 Å². The molecule has 0 radical (unpaired) electrons. The van der Waals surface area contributed by atoms with Crippen molar-refractivity contribution >= 4 is 0 Å². The second-order valence-corrected chi connectivity index (χ2v) is 5.52. The van der Waals surface area contributed by atoms with E-state index in [4.69, 9.17) is 5.73 Å². The highest BCUT2D eigenvalue weighted by Gasteiger charge is 2.43. The molecule has 1 aromatic carbocycles. The summed E-state index contributed by atoms with van der Waals surface area (Å²) in [6.07, 6.45) is 1.68. The van der Waals surface area contributed by atoms with Crippen LogP contribution in [-0.4, -0.2) is 11.7 Å². The summed E-state index contributed by atoms with van der Waals surface area (Å²) >= 11 is 0. The molecule has 0 amide bonds. The van der Waals surface area contributed by atoms with E-state index in [1.807, 2.05) is 0 Å². The molecule has 1 aromatic rings. The second kappa shape index (κ2) is 4.94. The number of aliphatic hydroxyl groups is 1. The molecule has 100 valence electrons. The van der Waals surface area contributed by atoms with Gasteiger partial charge in [0, 0.05) is 18.0 Å². The normalized spacial score (nSPS) is 29.5. The smallest absolute Gasteiger partial charge is 0.126 e. The van der Waals surface area contributed by atoms with Crippen LogP contribution in [0.15, 0.2) is 18.2 Å². The highest BCUT2D eigenvalue weighted by atomic mass is 19.1. The Labute approximate surface area is 106 Å². The van der Waals surface area contributed by atoms with Crippen LogP contribution >= 0.6 is 0 Å². The first kappa shape index (κ1) is 13.4. The molecule has 1 aliphatic rings. The Balaban J connectivity index is 2.31. The van der Waals surface area contributed by atoms with E-state index in [-0.39, 0.29) is 5.56 Å². The number of benzene rings is 1. The van der Waals surface area contributed by atoms with Crippen LogP contribution in [-0.2, 0) is 0 Å². The molecule has 0 saturated heterocycles. The van der Waals surface area contributed by atoms with Crippen molar-refractivity contribution in [3.63, 3.8) is 0 Å². The summed E-state index contributed by atoms with van der Waals surface area (Å²) in [5, 5.41) is 10.4. The molecule has 3 unspecified atom stereocenters. The summed E-state index contributed by atoms with van der Waals surface area (Å²) in [6.45, 7) is 2.44. The van der Waals surface area contributed by atoms with Gasteiger partial charge in [-0.1, -0.05) is 13.3 Å². The summed E-state index contributed by atoms with van der Waals surface area (Å²) in [5.74, 6) is -0.842. The Kier molecular flexibility index (Phi) is 3.69. The van der Waals surface area contributed by atoms with Crippen molar-refractivity contribution in [1.29, 1.82) is 0 Å². The highest BCUT2D eigenvalue weighted by Crippen LogP contribution is 2.49. The fourth-order valence-electron chi connectivity index (χ4n) is 3.06. The van der Waals surface area contributed by atoms with Crippen LogP contribution in [0.25, 0.3) is 0 Å². The van der Waals surface area contributed by atoms with Gasteiger partial charge in [0.05, 0.1) is 6.10 Å². The molecule has 1 aliphatic carbocycles. The molecular weight excluding hydrogens is 236 g/mol. The lowest BCUT2D eigenvalue weighted by Gasteiger charge is -2.33. The SMILES string of the molecule is CC1CCC(CN)(C(O)c2cc(F)cc(F)c2)C1. The fourth-order valence-corrected chi connectivity index (χ4v) is 3.06. The van der Waals surface area contributed by atoms with E-state index in [1.54, 1.807) is 0 Å². The number of nitrogens with two attached hydrogens (primary N) is 1. The van der Waals surface area contributed by atoms with Crippen molar-refractivity contribution in [3.05, 3.63) is 35.4 Å². The third-order valence-corrected chi connectivity index (χ3v) is 4.08. The van der Waals surface area contributed by atoms with Gasteiger partial charge in [-0.05, 0) is 36.5 Å². The van der Waals surface area contributed by atoms with Gasteiger partial charge in [0.25, 0.3) is 0 Å². The predicted octanol–water partition coefficient (Wildman–Crippen LogP) is 2.76. The van der Waals surface area contributed by atoms with E-state index in [0.717, 1.165) is 25.3 Å². The zero-order valence-electron chi connectivity index (χ0n) is 10.5. The Morgan fingerprint density at radius 3 is 2.44 bits per heavy atom. The minimum absolute atomic E-state index is 0.284. The third kappa shape index (κ3) is 2.40. The van der Waals surface area contributed by atoms with Gasteiger partial charge in [0.1, 0.15) is 11.6 Å². The minimum Gasteiger partial charge on any atom is -0.388 e. The summed E-state index contributed by atoms with van der Waals surface area (Å²) < 4.78 is 26.4. The zero-order chi connectivity index (χ0) is 13.3. The van der Waals surface area contributed by atoms with E-state index >= 15 is 0 Å². The molecule has 0 aliphatic heterocycles. The van der Waals surface area contributed by atoms with Gasteiger partial charge in [-0.3, -0.25) is 0 Å². The zero-order valence-corrected chi connectivity index (χ0v) is 10.5. The van der Waals surface area contributed by atoms with Gasteiger partial charge in [0.15, 0.2) is 0 Å². The minimum atomic E-state index is -0.905. The summed E-state index contributed by atoms with van der Waals surface area (Å²) in [5.41, 5.74) is 5.64. The van der Waals surface area contributed by atoms with Gasteiger partial charge in [0.2, 0.25) is 0 Å². The van der Waals surface area contributed by atoms with Crippen LogP contribution in [0.1, 0.15) is 37.9 Å². The van der Waals surface area contributed by atoms with E-state index in [9.17, 15) is 13.9 Å². The van der Waals surface area contributed by atoms with E-state index in [0.29, 0.717) is 12.5 Å². The largest absolute Gasteiger partial charge is 0.388 e. The van der Waals surface area contributed by atoms with Crippen LogP contribution in [0.4, 0.5) is 8.78 Å². The van der Waals surface area contributed by atoms with Crippen LogP contribution in [0.5, 0.6) is 0 Å². The quantitative estimate of drug-likeness (QED) is 0.872. The van der Waals surface area contributed by atoms with E-state index in [2.05, 4.69) is 6.92 Å². The van der Waals surface area contributed by atoms with Gasteiger partial charge in [-0.2, -0.15) is 0 Å². The van der Waals surface area contributed by atoms with Gasteiger partial charge in [-0.15, -0.1) is 0 Å². The first-order chi connectivity index (χ1) is 8.47. The molecule has 3 N–H and O–H groups in total. The lowest BCUT2D eigenvalue weighted by molar-refractivity contribution is 0.0303. The standard InChI is InChI=1S/C14H19F2NO/c1-9-2-3-14(7-9,8-17)13(18)10-4-11(15)6-12(16)5-10/h4-6,9,13,18H,2-3,7-8,17H2,1H3.